The van der Waals surface area contributed by atoms with Crippen LogP contribution in [0.15, 0.2) is 48.5 Å². The van der Waals surface area contributed by atoms with Crippen molar-refractivity contribution in [2.24, 2.45) is 0 Å². The molecule has 0 saturated carbocycles. The highest BCUT2D eigenvalue weighted by atomic mass is 32.2. The lowest BCUT2D eigenvalue weighted by Gasteiger charge is -2.14. The minimum atomic E-state index is -3.54. The Bertz CT molecular complexity index is 833. The molecule has 0 fully saturated rings. The van der Waals surface area contributed by atoms with Crippen molar-refractivity contribution >= 4 is 15.7 Å². The summed E-state index contributed by atoms with van der Waals surface area (Å²) in [7, 11) is 0.363. The number of nitro benzene ring substituents is 1. The second-order valence-electron chi connectivity index (χ2n) is 6.01. The largest absolute Gasteiger partial charge is 0.305 e. The smallest absolute Gasteiger partial charge is 0.269 e. The third-order valence-corrected chi connectivity index (χ3v) is 4.89. The van der Waals surface area contributed by atoms with Crippen molar-refractivity contribution < 1.29 is 13.3 Å². The van der Waals surface area contributed by atoms with Gasteiger partial charge in [0.25, 0.3) is 5.69 Å². The van der Waals surface area contributed by atoms with Crippen LogP contribution in [0.1, 0.15) is 16.7 Å². The average Bonchev–Trinajstić information content (AvgIpc) is 2.54. The molecule has 0 heterocycles. The molecule has 0 aliphatic heterocycles. The highest BCUT2D eigenvalue weighted by Gasteiger charge is 2.14. The van der Waals surface area contributed by atoms with Crippen molar-refractivity contribution in [3.8, 4) is 0 Å². The maximum Gasteiger partial charge on any atom is 0.269 e. The van der Waals surface area contributed by atoms with Gasteiger partial charge in [0.2, 0.25) is 10.0 Å². The molecule has 0 radical (unpaired) electrons. The highest BCUT2D eigenvalue weighted by molar-refractivity contribution is 7.88. The molecule has 1 N–H and O–H groups in total. The van der Waals surface area contributed by atoms with Gasteiger partial charge in [-0.2, -0.15) is 0 Å². The van der Waals surface area contributed by atoms with Crippen LogP contribution < -0.4 is 4.72 Å². The summed E-state index contributed by atoms with van der Waals surface area (Å²) in [4.78, 5) is 12.1. The van der Waals surface area contributed by atoms with Gasteiger partial charge in [-0.1, -0.05) is 36.4 Å². The van der Waals surface area contributed by atoms with Crippen LogP contribution in [0.4, 0.5) is 5.69 Å². The normalized spacial score (nSPS) is 11.6. The number of sulfonamides is 1. The molecule has 0 aliphatic carbocycles. The number of benzene rings is 2. The van der Waals surface area contributed by atoms with E-state index < -0.39 is 14.9 Å². The van der Waals surface area contributed by atoms with Crippen LogP contribution in [0.5, 0.6) is 0 Å². The second-order valence-corrected chi connectivity index (χ2v) is 7.82. The monoisotopic (exact) mass is 363 g/mol. The first-order valence-corrected chi connectivity index (χ1v) is 9.34. The van der Waals surface area contributed by atoms with E-state index in [1.807, 2.05) is 43.3 Å². The Balaban J connectivity index is 2.03. The average molecular weight is 363 g/mol. The lowest BCUT2D eigenvalue weighted by Crippen LogP contribution is -2.25. The maximum absolute atomic E-state index is 12.3. The van der Waals surface area contributed by atoms with Gasteiger partial charge in [0.1, 0.15) is 0 Å². The molecule has 0 saturated heterocycles. The molecule has 0 unspecified atom stereocenters. The van der Waals surface area contributed by atoms with E-state index in [9.17, 15) is 18.5 Å². The molecule has 0 amide bonds. The van der Waals surface area contributed by atoms with Gasteiger partial charge >= 0.3 is 0 Å². The van der Waals surface area contributed by atoms with Gasteiger partial charge in [0.15, 0.2) is 0 Å². The van der Waals surface area contributed by atoms with Crippen molar-refractivity contribution in [1.29, 1.82) is 0 Å². The Morgan fingerprint density at radius 2 is 1.64 bits per heavy atom. The van der Waals surface area contributed by atoms with Crippen molar-refractivity contribution in [3.63, 3.8) is 0 Å². The Morgan fingerprint density at radius 3 is 2.20 bits per heavy atom. The molecule has 8 heteroatoms. The Morgan fingerprint density at radius 1 is 1.04 bits per heavy atom. The van der Waals surface area contributed by atoms with Gasteiger partial charge in [0.05, 0.1) is 10.7 Å². The number of hydrogen-bond acceptors (Lipinski definition) is 5. The fourth-order valence-electron chi connectivity index (χ4n) is 2.40. The molecule has 0 atom stereocenters. The van der Waals surface area contributed by atoms with Gasteiger partial charge in [-0.25, -0.2) is 13.1 Å². The molecule has 134 valence electrons. The molecule has 0 aliphatic rings. The van der Waals surface area contributed by atoms with E-state index in [0.29, 0.717) is 5.56 Å². The molecule has 2 aromatic rings. The van der Waals surface area contributed by atoms with Gasteiger partial charge in [-0.3, -0.25) is 10.1 Å². The van der Waals surface area contributed by atoms with Gasteiger partial charge in [-0.15, -0.1) is 0 Å². The van der Waals surface area contributed by atoms with Crippen LogP contribution in [-0.2, 0) is 28.9 Å². The van der Waals surface area contributed by atoms with Crippen LogP contribution in [-0.4, -0.2) is 32.3 Å². The van der Waals surface area contributed by atoms with Crippen molar-refractivity contribution in [2.45, 2.75) is 18.8 Å². The SMILES string of the molecule is CN(C)Cc1ccccc1CNS(=O)(=O)Cc1ccc([N+](=O)[O-])cc1. The summed E-state index contributed by atoms with van der Waals surface area (Å²) in [5.74, 6) is -0.221. The molecule has 2 aromatic carbocycles. The summed E-state index contributed by atoms with van der Waals surface area (Å²) in [6.07, 6.45) is 0. The van der Waals surface area contributed by atoms with E-state index >= 15 is 0 Å². The van der Waals surface area contributed by atoms with Gasteiger partial charge in [0, 0.05) is 25.2 Å². The molecule has 7 nitrogen and oxygen atoms in total. The first kappa shape index (κ1) is 19.0. The molecule has 25 heavy (non-hydrogen) atoms. The molecular formula is C17H21N3O4S. The Kier molecular flexibility index (Phi) is 6.24. The van der Waals surface area contributed by atoms with E-state index in [0.717, 1.165) is 17.7 Å². The highest BCUT2D eigenvalue weighted by Crippen LogP contribution is 2.15. The van der Waals surface area contributed by atoms with Crippen LogP contribution in [0, 0.1) is 10.1 Å². The third kappa shape index (κ3) is 5.93. The number of non-ortho nitro benzene ring substituents is 1. The third-order valence-electron chi connectivity index (χ3n) is 3.59. The zero-order chi connectivity index (χ0) is 18.4. The second kappa shape index (κ2) is 8.19. The van der Waals surface area contributed by atoms with Crippen molar-refractivity contribution in [2.75, 3.05) is 14.1 Å². The van der Waals surface area contributed by atoms with Crippen molar-refractivity contribution in [3.05, 3.63) is 75.3 Å². The summed E-state index contributed by atoms with van der Waals surface area (Å²) < 4.78 is 27.1. The number of nitro groups is 1. The van der Waals surface area contributed by atoms with E-state index in [1.54, 1.807) is 0 Å². The van der Waals surface area contributed by atoms with Crippen LogP contribution in [0.2, 0.25) is 0 Å². The zero-order valence-corrected chi connectivity index (χ0v) is 15.0. The van der Waals surface area contributed by atoms with E-state index in [4.69, 9.17) is 0 Å². The first-order valence-electron chi connectivity index (χ1n) is 7.69. The summed E-state index contributed by atoms with van der Waals surface area (Å²) in [6, 6.07) is 13.2. The Hall–Kier alpha value is -2.29. The maximum atomic E-state index is 12.3. The summed E-state index contributed by atoms with van der Waals surface area (Å²) >= 11 is 0. The molecular weight excluding hydrogens is 342 g/mol. The van der Waals surface area contributed by atoms with E-state index in [1.165, 1.54) is 24.3 Å². The minimum Gasteiger partial charge on any atom is -0.305 e. The summed E-state index contributed by atoms with van der Waals surface area (Å²) in [5, 5.41) is 10.6. The van der Waals surface area contributed by atoms with Gasteiger partial charge < -0.3 is 4.90 Å². The number of nitrogens with zero attached hydrogens (tertiary/aromatic N) is 2. The molecule has 0 bridgehead atoms. The van der Waals surface area contributed by atoms with Crippen molar-refractivity contribution in [1.82, 2.24) is 9.62 Å². The number of nitrogens with one attached hydrogen (secondary N) is 1. The topological polar surface area (TPSA) is 92.6 Å². The fraction of sp³-hybridized carbons (Fsp3) is 0.294. The summed E-state index contributed by atoms with van der Waals surface area (Å²) in [5.41, 5.74) is 2.42. The zero-order valence-electron chi connectivity index (χ0n) is 14.2. The molecule has 0 aromatic heterocycles. The van der Waals surface area contributed by atoms with Crippen LogP contribution in [0.3, 0.4) is 0 Å². The predicted octanol–water partition coefficient (Wildman–Crippen LogP) is 2.28. The Labute approximate surface area is 147 Å². The number of rotatable bonds is 8. The van der Waals surface area contributed by atoms with E-state index in [2.05, 4.69) is 4.72 Å². The predicted molar refractivity (Wildman–Crippen MR) is 96.4 cm³/mol. The molecule has 2 rings (SSSR count). The standard InChI is InChI=1S/C17H21N3O4S/c1-19(2)12-16-6-4-3-5-15(16)11-18-25(23,24)13-14-7-9-17(10-8-14)20(21)22/h3-10,18H,11-13H2,1-2H3. The minimum absolute atomic E-state index is 0.0632. The first-order chi connectivity index (χ1) is 11.8. The van der Waals surface area contributed by atoms with Gasteiger partial charge in [-0.05, 0) is 30.8 Å². The van der Waals surface area contributed by atoms with Crippen LogP contribution in [0.25, 0.3) is 0 Å². The van der Waals surface area contributed by atoms with Crippen LogP contribution >= 0.6 is 0 Å². The quantitative estimate of drug-likeness (QED) is 0.574. The lowest BCUT2D eigenvalue weighted by atomic mass is 10.1. The summed E-state index contributed by atoms with van der Waals surface area (Å²) in [6.45, 7) is 0.930. The number of hydrogen-bond donors (Lipinski definition) is 1. The van der Waals surface area contributed by atoms with E-state index in [-0.39, 0.29) is 18.0 Å². The molecule has 0 spiro atoms. The lowest BCUT2D eigenvalue weighted by molar-refractivity contribution is -0.384. The fourth-order valence-corrected chi connectivity index (χ4v) is 3.51.